The molecule has 1 aromatic rings. The van der Waals surface area contributed by atoms with Crippen molar-refractivity contribution in [3.05, 3.63) is 39.9 Å². The predicted octanol–water partition coefficient (Wildman–Crippen LogP) is 1.25. The van der Waals surface area contributed by atoms with Crippen LogP contribution >= 0.6 is 0 Å². The van der Waals surface area contributed by atoms with Gasteiger partial charge in [0.2, 0.25) is 5.91 Å². The van der Waals surface area contributed by atoms with E-state index in [2.05, 4.69) is 5.32 Å². The van der Waals surface area contributed by atoms with Crippen LogP contribution in [0.2, 0.25) is 0 Å². The second-order valence-corrected chi connectivity index (χ2v) is 3.34. The van der Waals surface area contributed by atoms with Gasteiger partial charge in [-0.2, -0.15) is 0 Å². The summed E-state index contributed by atoms with van der Waals surface area (Å²) in [6.07, 6.45) is 0. The normalized spacial score (nSPS) is 9.94. The van der Waals surface area contributed by atoms with Crippen LogP contribution in [-0.4, -0.2) is 24.0 Å². The number of nitrogens with zero attached hydrogens (tertiary/aromatic N) is 1. The van der Waals surface area contributed by atoms with Gasteiger partial charge < -0.3 is 10.1 Å². The summed E-state index contributed by atoms with van der Waals surface area (Å²) in [5.41, 5.74) is 0.842. The SMILES string of the molecule is CCOCC(=O)NCc1ccc([N+](=O)[O-])cc1. The van der Waals surface area contributed by atoms with Gasteiger partial charge in [0, 0.05) is 25.3 Å². The van der Waals surface area contributed by atoms with E-state index in [4.69, 9.17) is 4.74 Å². The van der Waals surface area contributed by atoms with Crippen molar-refractivity contribution < 1.29 is 14.5 Å². The van der Waals surface area contributed by atoms with E-state index in [0.29, 0.717) is 13.2 Å². The molecule has 1 N–H and O–H groups in total. The van der Waals surface area contributed by atoms with Gasteiger partial charge in [-0.05, 0) is 12.5 Å². The Morgan fingerprint density at radius 1 is 1.41 bits per heavy atom. The van der Waals surface area contributed by atoms with Crippen LogP contribution in [-0.2, 0) is 16.1 Å². The lowest BCUT2D eigenvalue weighted by Crippen LogP contribution is -2.27. The highest BCUT2D eigenvalue weighted by atomic mass is 16.6. The number of amides is 1. The van der Waals surface area contributed by atoms with Crippen LogP contribution in [0.25, 0.3) is 0 Å². The molecule has 92 valence electrons. The lowest BCUT2D eigenvalue weighted by Gasteiger charge is -2.05. The zero-order valence-electron chi connectivity index (χ0n) is 9.51. The van der Waals surface area contributed by atoms with Gasteiger partial charge in [0.15, 0.2) is 0 Å². The molecule has 0 atom stereocenters. The van der Waals surface area contributed by atoms with Gasteiger partial charge in [0.1, 0.15) is 6.61 Å². The molecule has 0 heterocycles. The molecule has 6 nitrogen and oxygen atoms in total. The second kappa shape index (κ2) is 6.59. The number of carbonyl (C=O) groups excluding carboxylic acids is 1. The molecule has 0 aromatic heterocycles. The monoisotopic (exact) mass is 238 g/mol. The maximum Gasteiger partial charge on any atom is 0.269 e. The molecule has 6 heteroatoms. The molecule has 0 aliphatic carbocycles. The van der Waals surface area contributed by atoms with E-state index >= 15 is 0 Å². The van der Waals surface area contributed by atoms with Crippen LogP contribution in [0, 0.1) is 10.1 Å². The predicted molar refractivity (Wildman–Crippen MR) is 61.4 cm³/mol. The summed E-state index contributed by atoms with van der Waals surface area (Å²) in [6.45, 7) is 2.67. The number of nitro groups is 1. The number of non-ortho nitro benzene ring substituents is 1. The number of ether oxygens (including phenoxy) is 1. The molecule has 1 rings (SSSR count). The van der Waals surface area contributed by atoms with Gasteiger partial charge in [0.25, 0.3) is 5.69 Å². The first-order valence-electron chi connectivity index (χ1n) is 5.21. The van der Waals surface area contributed by atoms with Crippen LogP contribution < -0.4 is 5.32 Å². The molecule has 0 radical (unpaired) electrons. The average molecular weight is 238 g/mol. The summed E-state index contributed by atoms with van der Waals surface area (Å²) in [6, 6.07) is 6.03. The third-order valence-electron chi connectivity index (χ3n) is 2.07. The number of rotatable bonds is 6. The van der Waals surface area contributed by atoms with E-state index in [1.807, 2.05) is 6.92 Å². The third-order valence-corrected chi connectivity index (χ3v) is 2.07. The quantitative estimate of drug-likeness (QED) is 0.597. The van der Waals surface area contributed by atoms with Crippen LogP contribution in [0.15, 0.2) is 24.3 Å². The molecule has 0 aliphatic rings. The molecule has 0 saturated heterocycles. The maximum absolute atomic E-state index is 11.2. The summed E-state index contributed by atoms with van der Waals surface area (Å²) >= 11 is 0. The van der Waals surface area contributed by atoms with Crippen LogP contribution in [0.1, 0.15) is 12.5 Å². The Bertz CT molecular complexity index is 389. The summed E-state index contributed by atoms with van der Waals surface area (Å²) in [4.78, 5) is 21.2. The zero-order chi connectivity index (χ0) is 12.7. The average Bonchev–Trinajstić information content (AvgIpc) is 2.34. The highest BCUT2D eigenvalue weighted by Crippen LogP contribution is 2.11. The Labute approximate surface area is 98.7 Å². The number of nitro benzene ring substituents is 1. The zero-order valence-corrected chi connectivity index (χ0v) is 9.51. The van der Waals surface area contributed by atoms with E-state index in [1.165, 1.54) is 12.1 Å². The van der Waals surface area contributed by atoms with Crippen molar-refractivity contribution in [3.63, 3.8) is 0 Å². The number of benzene rings is 1. The van der Waals surface area contributed by atoms with Crippen molar-refractivity contribution >= 4 is 11.6 Å². The minimum atomic E-state index is -0.461. The highest BCUT2D eigenvalue weighted by molar-refractivity contribution is 5.77. The van der Waals surface area contributed by atoms with Crippen molar-refractivity contribution in [3.8, 4) is 0 Å². The second-order valence-electron chi connectivity index (χ2n) is 3.34. The topological polar surface area (TPSA) is 81.5 Å². The van der Waals surface area contributed by atoms with Crippen LogP contribution in [0.3, 0.4) is 0 Å². The van der Waals surface area contributed by atoms with Crippen molar-refractivity contribution in [2.45, 2.75) is 13.5 Å². The molecular formula is C11H14N2O4. The van der Waals surface area contributed by atoms with Crippen molar-refractivity contribution in [2.75, 3.05) is 13.2 Å². The third kappa shape index (κ3) is 4.60. The molecule has 0 bridgehead atoms. The molecule has 0 aliphatic heterocycles. The first-order chi connectivity index (χ1) is 8.13. The minimum absolute atomic E-state index is 0.0312. The fourth-order valence-corrected chi connectivity index (χ4v) is 1.18. The van der Waals surface area contributed by atoms with Crippen molar-refractivity contribution in [1.29, 1.82) is 0 Å². The summed E-state index contributed by atoms with van der Waals surface area (Å²) < 4.78 is 4.93. The Morgan fingerprint density at radius 2 is 2.06 bits per heavy atom. The lowest BCUT2D eigenvalue weighted by atomic mass is 10.2. The van der Waals surface area contributed by atoms with Crippen LogP contribution in [0.5, 0.6) is 0 Å². The number of hydrogen-bond acceptors (Lipinski definition) is 4. The summed E-state index contributed by atoms with van der Waals surface area (Å²) in [5.74, 6) is -0.204. The van der Waals surface area contributed by atoms with Gasteiger partial charge in [-0.25, -0.2) is 0 Å². The molecule has 0 saturated carbocycles. The van der Waals surface area contributed by atoms with Gasteiger partial charge in [-0.3, -0.25) is 14.9 Å². The molecule has 0 unspecified atom stereocenters. The fourth-order valence-electron chi connectivity index (χ4n) is 1.18. The summed E-state index contributed by atoms with van der Waals surface area (Å²) in [5, 5.41) is 13.1. The van der Waals surface area contributed by atoms with Gasteiger partial charge in [-0.1, -0.05) is 12.1 Å². The summed E-state index contributed by atoms with van der Waals surface area (Å²) in [7, 11) is 0. The van der Waals surface area contributed by atoms with E-state index in [9.17, 15) is 14.9 Å². The van der Waals surface area contributed by atoms with E-state index in [1.54, 1.807) is 12.1 Å². The molecule has 0 spiro atoms. The molecule has 0 fully saturated rings. The van der Waals surface area contributed by atoms with Crippen molar-refractivity contribution in [1.82, 2.24) is 5.32 Å². The van der Waals surface area contributed by atoms with Gasteiger partial charge in [-0.15, -0.1) is 0 Å². The molecule has 1 aromatic carbocycles. The first-order valence-corrected chi connectivity index (χ1v) is 5.21. The Kier molecular flexibility index (Phi) is 5.09. The molecule has 1 amide bonds. The van der Waals surface area contributed by atoms with E-state index < -0.39 is 4.92 Å². The maximum atomic E-state index is 11.2. The van der Waals surface area contributed by atoms with Gasteiger partial charge >= 0.3 is 0 Å². The highest BCUT2D eigenvalue weighted by Gasteiger charge is 2.05. The Hall–Kier alpha value is -1.95. The number of hydrogen-bond donors (Lipinski definition) is 1. The first kappa shape index (κ1) is 13.1. The Balaban J connectivity index is 2.42. The van der Waals surface area contributed by atoms with Crippen LogP contribution in [0.4, 0.5) is 5.69 Å². The van der Waals surface area contributed by atoms with Crippen molar-refractivity contribution in [2.24, 2.45) is 0 Å². The van der Waals surface area contributed by atoms with E-state index in [-0.39, 0.29) is 18.2 Å². The number of carbonyl (C=O) groups is 1. The lowest BCUT2D eigenvalue weighted by molar-refractivity contribution is -0.384. The molecule has 17 heavy (non-hydrogen) atoms. The minimum Gasteiger partial charge on any atom is -0.372 e. The largest absolute Gasteiger partial charge is 0.372 e. The Morgan fingerprint density at radius 3 is 2.59 bits per heavy atom. The standard InChI is InChI=1S/C11H14N2O4/c1-2-17-8-11(14)12-7-9-3-5-10(6-4-9)13(15)16/h3-6H,2,7-8H2,1H3,(H,12,14). The van der Waals surface area contributed by atoms with E-state index in [0.717, 1.165) is 5.56 Å². The van der Waals surface area contributed by atoms with Gasteiger partial charge in [0.05, 0.1) is 4.92 Å². The smallest absolute Gasteiger partial charge is 0.269 e. The number of nitrogens with one attached hydrogen (secondary N) is 1. The fraction of sp³-hybridized carbons (Fsp3) is 0.364. The molecular weight excluding hydrogens is 224 g/mol.